The average molecular weight is 536 g/mol. The van der Waals surface area contributed by atoms with Crippen molar-refractivity contribution >= 4 is 44.0 Å². The summed E-state index contributed by atoms with van der Waals surface area (Å²) in [7, 11) is -2.52. The van der Waals surface area contributed by atoms with Crippen LogP contribution in [0.2, 0.25) is 0 Å². The third kappa shape index (κ3) is 4.72. The third-order valence-electron chi connectivity index (χ3n) is 6.24. The molecule has 3 heterocycles. The van der Waals surface area contributed by atoms with Crippen LogP contribution in [-0.4, -0.2) is 67.2 Å². The molecule has 0 spiro atoms. The number of morpholine rings is 1. The molecule has 0 atom stereocenters. The maximum atomic E-state index is 13.8. The lowest BCUT2D eigenvalue weighted by atomic mass is 10.0. The second-order valence-corrected chi connectivity index (χ2v) is 10.5. The molecule has 1 saturated heterocycles. The van der Waals surface area contributed by atoms with E-state index in [0.29, 0.717) is 33.6 Å². The van der Waals surface area contributed by atoms with E-state index in [2.05, 4.69) is 15.3 Å². The minimum atomic E-state index is -4.00. The number of hydrogen-bond acceptors (Lipinski definition) is 9. The Morgan fingerprint density at radius 3 is 2.55 bits per heavy atom. The van der Waals surface area contributed by atoms with Crippen molar-refractivity contribution in [2.24, 2.45) is 0 Å². The van der Waals surface area contributed by atoms with Crippen molar-refractivity contribution in [3.63, 3.8) is 0 Å². The molecule has 0 saturated carbocycles. The number of methoxy groups -OCH3 is 1. The van der Waals surface area contributed by atoms with Crippen LogP contribution in [0.5, 0.6) is 5.88 Å². The van der Waals surface area contributed by atoms with Gasteiger partial charge in [-0.3, -0.25) is 4.98 Å². The number of carboxylic acid groups (broad SMARTS) is 1. The van der Waals surface area contributed by atoms with Crippen LogP contribution in [0.25, 0.3) is 22.0 Å². The number of carbonyl (C=O) groups is 1. The maximum absolute atomic E-state index is 13.8. The molecule has 1 aliphatic heterocycles. The molecule has 38 heavy (non-hydrogen) atoms. The minimum absolute atomic E-state index is 0.00420. The van der Waals surface area contributed by atoms with Crippen molar-refractivity contribution in [2.75, 3.05) is 44.5 Å². The number of para-hydroxylation sites is 1. The summed E-state index contributed by atoms with van der Waals surface area (Å²) in [6.45, 7) is 0.951. The highest BCUT2D eigenvalue weighted by atomic mass is 32.2. The Labute approximate surface area is 218 Å². The summed E-state index contributed by atoms with van der Waals surface area (Å²) in [4.78, 5) is 20.5. The van der Waals surface area contributed by atoms with Gasteiger partial charge < -0.3 is 25.6 Å². The van der Waals surface area contributed by atoms with Gasteiger partial charge in [-0.1, -0.05) is 18.2 Å². The minimum Gasteiger partial charge on any atom is -0.480 e. The zero-order valence-electron chi connectivity index (χ0n) is 20.4. The average Bonchev–Trinajstić information content (AvgIpc) is 2.93. The molecule has 4 N–H and O–H groups in total. The van der Waals surface area contributed by atoms with Crippen molar-refractivity contribution in [1.82, 2.24) is 14.3 Å². The smallest absolute Gasteiger partial charge is 0.337 e. The number of ether oxygens (including phenoxy) is 2. The van der Waals surface area contributed by atoms with Crippen LogP contribution >= 0.6 is 0 Å². The number of nitrogen functional groups attached to an aromatic ring is 1. The van der Waals surface area contributed by atoms with E-state index < -0.39 is 16.0 Å². The first-order chi connectivity index (χ1) is 18.3. The number of aromatic carboxylic acids is 1. The number of benzene rings is 2. The third-order valence-corrected chi connectivity index (χ3v) is 8.15. The lowest BCUT2D eigenvalue weighted by Gasteiger charge is -2.27. The van der Waals surface area contributed by atoms with Crippen molar-refractivity contribution in [1.29, 1.82) is 0 Å². The number of pyridine rings is 2. The van der Waals surface area contributed by atoms with Crippen LogP contribution in [-0.2, 0) is 14.8 Å². The lowest BCUT2D eigenvalue weighted by molar-refractivity contribution is 0.0698. The topological polar surface area (TPSA) is 157 Å². The number of anilines is 3. The first-order valence-corrected chi connectivity index (χ1v) is 13.1. The van der Waals surface area contributed by atoms with Gasteiger partial charge >= 0.3 is 5.97 Å². The predicted molar refractivity (Wildman–Crippen MR) is 142 cm³/mol. The summed E-state index contributed by atoms with van der Waals surface area (Å²) >= 11 is 0. The molecule has 0 bridgehead atoms. The number of nitrogens with one attached hydrogen (secondary N) is 1. The lowest BCUT2D eigenvalue weighted by Crippen LogP contribution is -2.40. The van der Waals surface area contributed by atoms with Crippen LogP contribution in [0.1, 0.15) is 10.4 Å². The number of rotatable bonds is 7. The summed E-state index contributed by atoms with van der Waals surface area (Å²) in [5.74, 6) is -0.854. The largest absolute Gasteiger partial charge is 0.480 e. The highest BCUT2D eigenvalue weighted by Gasteiger charge is 2.30. The molecule has 0 amide bonds. The number of carboxylic acids is 1. The second-order valence-electron chi connectivity index (χ2n) is 8.54. The van der Waals surface area contributed by atoms with Crippen molar-refractivity contribution in [3.8, 4) is 17.0 Å². The maximum Gasteiger partial charge on any atom is 0.337 e. The first-order valence-electron chi connectivity index (χ1n) is 11.7. The van der Waals surface area contributed by atoms with Gasteiger partial charge in [0.05, 0.1) is 48.5 Å². The monoisotopic (exact) mass is 535 g/mol. The number of nitrogens with zero attached hydrogens (tertiary/aromatic N) is 3. The van der Waals surface area contributed by atoms with Gasteiger partial charge in [-0.15, -0.1) is 0 Å². The SMILES string of the molecule is COc1ncc(-c2ccc3ncc(S(=O)(=O)N4CCOCC4)c(Nc4ccccc4C(=O)O)c3c2)cc1N. The Balaban J connectivity index is 1.73. The Morgan fingerprint density at radius 1 is 1.08 bits per heavy atom. The van der Waals surface area contributed by atoms with Gasteiger partial charge in [-0.25, -0.2) is 18.2 Å². The standard InChI is InChI=1S/C26H25N5O6S/c1-36-25-20(27)13-17(14-29-25)16-6-7-21-19(12-16)24(30-22-5-3-2-4-18(22)26(32)33)23(15-28-21)38(34,35)31-8-10-37-11-9-31/h2-7,12-15H,8-11,27H2,1H3,(H,28,30)(H,32,33). The molecular formula is C26H25N5O6S. The summed E-state index contributed by atoms with van der Waals surface area (Å²) in [6.07, 6.45) is 2.90. The van der Waals surface area contributed by atoms with Crippen LogP contribution < -0.4 is 15.8 Å². The molecule has 1 fully saturated rings. The van der Waals surface area contributed by atoms with E-state index in [1.165, 1.54) is 23.7 Å². The number of hydrogen-bond donors (Lipinski definition) is 3. The van der Waals surface area contributed by atoms with E-state index in [1.54, 1.807) is 42.6 Å². The van der Waals surface area contributed by atoms with Crippen molar-refractivity contribution < 1.29 is 27.8 Å². The molecule has 5 rings (SSSR count). The molecule has 1 aliphatic rings. The van der Waals surface area contributed by atoms with Crippen LogP contribution in [0.15, 0.2) is 65.8 Å². The van der Waals surface area contributed by atoms with Gasteiger partial charge in [-0.05, 0) is 35.9 Å². The van der Waals surface area contributed by atoms with Gasteiger partial charge in [-0.2, -0.15) is 4.31 Å². The normalized spacial score (nSPS) is 14.3. The molecule has 12 heteroatoms. The number of nitrogens with two attached hydrogens (primary N) is 1. The summed E-state index contributed by atoms with van der Waals surface area (Å²) in [5.41, 5.74) is 8.76. The summed E-state index contributed by atoms with van der Waals surface area (Å²) < 4.78 is 39.3. The van der Waals surface area contributed by atoms with E-state index in [9.17, 15) is 18.3 Å². The Bertz CT molecular complexity index is 1640. The molecule has 0 unspecified atom stereocenters. The summed E-state index contributed by atoms with van der Waals surface area (Å²) in [6, 6.07) is 13.4. The highest BCUT2D eigenvalue weighted by Crippen LogP contribution is 2.37. The van der Waals surface area contributed by atoms with Crippen LogP contribution in [0, 0.1) is 0 Å². The fraction of sp³-hybridized carbons (Fsp3) is 0.192. The first kappa shape index (κ1) is 25.4. The molecular weight excluding hydrogens is 510 g/mol. The molecule has 2 aromatic carbocycles. The summed E-state index contributed by atoms with van der Waals surface area (Å²) in [5, 5.41) is 13.3. The molecule has 196 valence electrons. The molecule has 0 aliphatic carbocycles. The van der Waals surface area contributed by atoms with Crippen LogP contribution in [0.3, 0.4) is 0 Å². The van der Waals surface area contributed by atoms with Crippen molar-refractivity contribution in [3.05, 3.63) is 66.5 Å². The molecule has 0 radical (unpaired) electrons. The van der Waals surface area contributed by atoms with Gasteiger partial charge in [0.25, 0.3) is 0 Å². The van der Waals surface area contributed by atoms with Crippen molar-refractivity contribution in [2.45, 2.75) is 4.90 Å². The quantitative estimate of drug-likeness (QED) is 0.321. The Hall–Kier alpha value is -4.26. The van der Waals surface area contributed by atoms with Gasteiger partial charge in [0.1, 0.15) is 4.90 Å². The molecule has 2 aromatic heterocycles. The fourth-order valence-electron chi connectivity index (χ4n) is 4.32. The fourth-order valence-corrected chi connectivity index (χ4v) is 5.83. The molecule has 4 aromatic rings. The second kappa shape index (κ2) is 10.2. The highest BCUT2D eigenvalue weighted by molar-refractivity contribution is 7.89. The number of sulfonamides is 1. The zero-order valence-corrected chi connectivity index (χ0v) is 21.2. The van der Waals surface area contributed by atoms with Gasteiger partial charge in [0, 0.05) is 36.4 Å². The van der Waals surface area contributed by atoms with Crippen LogP contribution in [0.4, 0.5) is 17.1 Å². The zero-order chi connectivity index (χ0) is 26.9. The number of fused-ring (bicyclic) bond motifs is 1. The van der Waals surface area contributed by atoms with E-state index >= 15 is 0 Å². The van der Waals surface area contributed by atoms with E-state index in [-0.39, 0.29) is 48.1 Å². The van der Waals surface area contributed by atoms with E-state index in [0.717, 1.165) is 0 Å². The molecule has 11 nitrogen and oxygen atoms in total. The Kier molecular flexibility index (Phi) is 6.85. The Morgan fingerprint density at radius 2 is 1.84 bits per heavy atom. The predicted octanol–water partition coefficient (Wildman–Crippen LogP) is 3.35. The van der Waals surface area contributed by atoms with Gasteiger partial charge in [0.2, 0.25) is 15.9 Å². The van der Waals surface area contributed by atoms with E-state index in [4.69, 9.17) is 15.2 Å². The van der Waals surface area contributed by atoms with E-state index in [1.807, 2.05) is 6.07 Å². The number of aromatic nitrogens is 2. The van der Waals surface area contributed by atoms with Gasteiger partial charge in [0.15, 0.2) is 0 Å².